The number of aromatic nitrogens is 2. The van der Waals surface area contributed by atoms with E-state index in [1.54, 1.807) is 17.1 Å². The smallest absolute Gasteiger partial charge is 0.276 e. The zero-order chi connectivity index (χ0) is 9.97. The summed E-state index contributed by atoms with van der Waals surface area (Å²) in [5, 5.41) is 4.90. The van der Waals surface area contributed by atoms with Crippen LogP contribution in [0.15, 0.2) is 20.9 Å². The first kappa shape index (κ1) is 9.75. The van der Waals surface area contributed by atoms with Gasteiger partial charge in [-0.1, -0.05) is 11.3 Å². The van der Waals surface area contributed by atoms with E-state index < -0.39 is 0 Å². The minimum Gasteiger partial charge on any atom is -0.296 e. The molecule has 0 fully saturated rings. The van der Waals surface area contributed by atoms with Crippen molar-refractivity contribution in [2.24, 2.45) is 0 Å². The van der Waals surface area contributed by atoms with E-state index in [4.69, 9.17) is 0 Å². The lowest BCUT2D eigenvalue weighted by atomic mass is 10.5. The monoisotopic (exact) mass is 289 g/mol. The minimum atomic E-state index is -0.229. The van der Waals surface area contributed by atoms with Crippen molar-refractivity contribution >= 4 is 49.6 Å². The van der Waals surface area contributed by atoms with Crippen molar-refractivity contribution in [1.82, 2.24) is 9.97 Å². The van der Waals surface area contributed by atoms with Crippen molar-refractivity contribution in [3.8, 4) is 0 Å². The summed E-state index contributed by atoms with van der Waals surface area (Å²) in [6.45, 7) is 0. The number of rotatable bonds is 2. The summed E-state index contributed by atoms with van der Waals surface area (Å²) < 4.78 is 0.881. The van der Waals surface area contributed by atoms with E-state index in [0.29, 0.717) is 10.8 Å². The molecule has 0 atom stereocenters. The van der Waals surface area contributed by atoms with Gasteiger partial charge in [0.15, 0.2) is 5.13 Å². The van der Waals surface area contributed by atoms with E-state index in [9.17, 15) is 4.79 Å². The van der Waals surface area contributed by atoms with Crippen LogP contribution >= 0.6 is 38.6 Å². The number of halogens is 1. The third kappa shape index (κ3) is 2.17. The van der Waals surface area contributed by atoms with E-state index in [1.807, 2.05) is 0 Å². The zero-order valence-corrected chi connectivity index (χ0v) is 9.95. The normalized spacial score (nSPS) is 10.1. The molecule has 2 rings (SSSR count). The largest absolute Gasteiger partial charge is 0.296 e. The number of amides is 1. The fourth-order valence-corrected chi connectivity index (χ4v) is 2.43. The van der Waals surface area contributed by atoms with Gasteiger partial charge in [0.05, 0.1) is 15.5 Å². The third-order valence-corrected chi connectivity index (χ3v) is 3.34. The Hall–Kier alpha value is -0.790. The molecule has 1 N–H and O–H groups in total. The van der Waals surface area contributed by atoms with E-state index in [0.717, 1.165) is 3.79 Å². The topological polar surface area (TPSA) is 54.9 Å². The average molecular weight is 290 g/mol. The highest BCUT2D eigenvalue weighted by Crippen LogP contribution is 2.23. The number of thiazole rings is 2. The number of carbonyl (C=O) groups excluding carboxylic acids is 1. The van der Waals surface area contributed by atoms with Crippen LogP contribution in [0.1, 0.15) is 10.5 Å². The van der Waals surface area contributed by atoms with Crippen LogP contribution in [0, 0.1) is 0 Å². The molecule has 4 nitrogen and oxygen atoms in total. The molecule has 72 valence electrons. The van der Waals surface area contributed by atoms with Crippen LogP contribution in [0.2, 0.25) is 0 Å². The van der Waals surface area contributed by atoms with Gasteiger partial charge in [0.25, 0.3) is 5.91 Å². The van der Waals surface area contributed by atoms with Gasteiger partial charge in [-0.05, 0) is 15.9 Å². The quantitative estimate of drug-likeness (QED) is 0.925. The standard InChI is InChI=1S/C7H4BrN3OS2/c8-5-1-9-7(14-5)11-6(12)4-2-13-3-10-4/h1-3H,(H,9,11,12). The lowest BCUT2D eigenvalue weighted by molar-refractivity contribution is 0.102. The van der Waals surface area contributed by atoms with E-state index in [2.05, 4.69) is 31.2 Å². The molecule has 7 heteroatoms. The molecular formula is C7H4BrN3OS2. The van der Waals surface area contributed by atoms with Gasteiger partial charge in [0.2, 0.25) is 0 Å². The highest BCUT2D eigenvalue weighted by atomic mass is 79.9. The summed E-state index contributed by atoms with van der Waals surface area (Å²) >= 11 is 6.01. The Morgan fingerprint density at radius 3 is 2.93 bits per heavy atom. The van der Waals surface area contributed by atoms with Gasteiger partial charge in [-0.3, -0.25) is 10.1 Å². The van der Waals surface area contributed by atoms with Gasteiger partial charge in [0, 0.05) is 5.38 Å². The van der Waals surface area contributed by atoms with Crippen LogP contribution in [-0.2, 0) is 0 Å². The predicted molar refractivity (Wildman–Crippen MR) is 59.9 cm³/mol. The molecule has 2 heterocycles. The molecule has 14 heavy (non-hydrogen) atoms. The minimum absolute atomic E-state index is 0.229. The first-order valence-electron chi connectivity index (χ1n) is 3.56. The summed E-state index contributed by atoms with van der Waals surface area (Å²) in [5.74, 6) is -0.229. The number of hydrogen-bond donors (Lipinski definition) is 1. The maximum atomic E-state index is 11.5. The first-order valence-corrected chi connectivity index (χ1v) is 6.12. The predicted octanol–water partition coefficient (Wildman–Crippen LogP) is 2.61. The van der Waals surface area contributed by atoms with Crippen molar-refractivity contribution in [2.75, 3.05) is 5.32 Å². The fourth-order valence-electron chi connectivity index (χ4n) is 0.798. The Kier molecular flexibility index (Phi) is 2.90. The highest BCUT2D eigenvalue weighted by molar-refractivity contribution is 9.11. The maximum Gasteiger partial charge on any atom is 0.276 e. The Morgan fingerprint density at radius 1 is 1.50 bits per heavy atom. The second kappa shape index (κ2) is 4.16. The summed E-state index contributed by atoms with van der Waals surface area (Å²) in [6, 6.07) is 0. The molecule has 2 aromatic rings. The van der Waals surface area contributed by atoms with Gasteiger partial charge in [-0.2, -0.15) is 0 Å². The second-order valence-electron chi connectivity index (χ2n) is 2.30. The highest BCUT2D eigenvalue weighted by Gasteiger charge is 2.09. The molecule has 2 aromatic heterocycles. The molecule has 0 saturated heterocycles. The molecule has 0 unspecified atom stereocenters. The van der Waals surface area contributed by atoms with Crippen LogP contribution in [0.25, 0.3) is 0 Å². The van der Waals surface area contributed by atoms with Crippen LogP contribution in [0.4, 0.5) is 5.13 Å². The Labute approximate surface area is 96.2 Å². The lowest BCUT2D eigenvalue weighted by Gasteiger charge is -1.95. The van der Waals surface area contributed by atoms with Gasteiger partial charge >= 0.3 is 0 Å². The van der Waals surface area contributed by atoms with E-state index >= 15 is 0 Å². The van der Waals surface area contributed by atoms with Crippen molar-refractivity contribution in [3.05, 3.63) is 26.6 Å². The number of nitrogens with zero attached hydrogens (tertiary/aromatic N) is 2. The number of hydrogen-bond acceptors (Lipinski definition) is 5. The van der Waals surface area contributed by atoms with Gasteiger partial charge in [-0.15, -0.1) is 11.3 Å². The second-order valence-corrected chi connectivity index (χ2v) is 5.43. The van der Waals surface area contributed by atoms with Crippen LogP contribution in [0.3, 0.4) is 0 Å². The van der Waals surface area contributed by atoms with Crippen molar-refractivity contribution in [2.45, 2.75) is 0 Å². The van der Waals surface area contributed by atoms with Crippen LogP contribution in [-0.4, -0.2) is 15.9 Å². The molecule has 0 aromatic carbocycles. The number of carbonyl (C=O) groups is 1. The van der Waals surface area contributed by atoms with Crippen LogP contribution < -0.4 is 5.32 Å². The van der Waals surface area contributed by atoms with Crippen molar-refractivity contribution in [1.29, 1.82) is 0 Å². The Balaban J connectivity index is 2.09. The fraction of sp³-hybridized carbons (Fsp3) is 0. The molecule has 1 amide bonds. The Morgan fingerprint density at radius 2 is 2.36 bits per heavy atom. The van der Waals surface area contributed by atoms with Crippen molar-refractivity contribution in [3.63, 3.8) is 0 Å². The number of anilines is 1. The molecule has 0 saturated carbocycles. The molecule has 0 aliphatic rings. The molecule has 0 spiro atoms. The van der Waals surface area contributed by atoms with Gasteiger partial charge in [0.1, 0.15) is 5.69 Å². The zero-order valence-electron chi connectivity index (χ0n) is 6.73. The first-order chi connectivity index (χ1) is 6.75. The summed E-state index contributed by atoms with van der Waals surface area (Å²) in [6.07, 6.45) is 1.64. The van der Waals surface area contributed by atoms with Crippen LogP contribution in [0.5, 0.6) is 0 Å². The summed E-state index contributed by atoms with van der Waals surface area (Å²) in [4.78, 5) is 19.3. The molecular weight excluding hydrogens is 286 g/mol. The maximum absolute atomic E-state index is 11.5. The number of nitrogens with one attached hydrogen (secondary N) is 1. The Bertz CT molecular complexity index is 439. The van der Waals surface area contributed by atoms with E-state index in [-0.39, 0.29) is 5.91 Å². The lowest BCUT2D eigenvalue weighted by Crippen LogP contribution is -2.11. The SMILES string of the molecule is O=C(Nc1ncc(Br)s1)c1cscn1. The van der Waals surface area contributed by atoms with Gasteiger partial charge < -0.3 is 0 Å². The molecule has 0 aliphatic carbocycles. The van der Waals surface area contributed by atoms with Gasteiger partial charge in [-0.25, -0.2) is 9.97 Å². The summed E-state index contributed by atoms with van der Waals surface area (Å²) in [7, 11) is 0. The molecule has 0 bridgehead atoms. The van der Waals surface area contributed by atoms with Crippen molar-refractivity contribution < 1.29 is 4.79 Å². The molecule has 0 radical (unpaired) electrons. The van der Waals surface area contributed by atoms with E-state index in [1.165, 1.54) is 22.7 Å². The average Bonchev–Trinajstić information content (AvgIpc) is 2.75. The molecule has 0 aliphatic heterocycles. The summed E-state index contributed by atoms with van der Waals surface area (Å²) in [5.41, 5.74) is 2.04. The third-order valence-electron chi connectivity index (χ3n) is 1.36.